The molecule has 0 saturated carbocycles. The first-order valence-electron chi connectivity index (χ1n) is 9.94. The number of alkyl halides is 1. The lowest BCUT2D eigenvalue weighted by Crippen LogP contribution is -2.13. The summed E-state index contributed by atoms with van der Waals surface area (Å²) in [5.74, 6) is 0. The molecule has 1 rings (SSSR count). The molecule has 1 aromatic carbocycles. The van der Waals surface area contributed by atoms with Gasteiger partial charge in [-0.2, -0.15) is 0 Å². The molecule has 3 nitrogen and oxygen atoms in total. The molecule has 0 bridgehead atoms. The molecule has 2 N–H and O–H groups in total. The standard InChI is InChI=1S/C17H28ClNO.C5H12O/c1-17(2,18)12-11-14-8-4-5-9-15(14)16(20)10-6-7-13-19-3;1-3-4-5-6-2/h4-5,8-9,16,19-20H,6-7,10-13H2,1-3H3;3-5H2,1-2H3. The molecule has 1 atom stereocenters. The van der Waals surface area contributed by atoms with Crippen LogP contribution in [0.3, 0.4) is 0 Å². The minimum Gasteiger partial charge on any atom is -0.388 e. The van der Waals surface area contributed by atoms with Crippen LogP contribution in [-0.4, -0.2) is 37.3 Å². The van der Waals surface area contributed by atoms with Gasteiger partial charge in [0.1, 0.15) is 0 Å². The van der Waals surface area contributed by atoms with Crippen molar-refractivity contribution in [2.75, 3.05) is 27.3 Å². The number of rotatable bonds is 12. The predicted molar refractivity (Wildman–Crippen MR) is 114 cm³/mol. The highest BCUT2D eigenvalue weighted by molar-refractivity contribution is 6.23. The summed E-state index contributed by atoms with van der Waals surface area (Å²) in [5, 5.41) is 13.5. The van der Waals surface area contributed by atoms with E-state index in [4.69, 9.17) is 16.3 Å². The summed E-state index contributed by atoms with van der Waals surface area (Å²) < 4.78 is 4.78. The molecule has 0 aliphatic carbocycles. The van der Waals surface area contributed by atoms with Crippen LogP contribution in [0.15, 0.2) is 24.3 Å². The van der Waals surface area contributed by atoms with Crippen LogP contribution < -0.4 is 5.32 Å². The quantitative estimate of drug-likeness (QED) is 0.369. The van der Waals surface area contributed by atoms with Crippen LogP contribution in [0.1, 0.15) is 76.5 Å². The van der Waals surface area contributed by atoms with Crippen LogP contribution in [0.5, 0.6) is 0 Å². The first-order valence-corrected chi connectivity index (χ1v) is 10.3. The van der Waals surface area contributed by atoms with Crippen molar-refractivity contribution in [3.05, 3.63) is 35.4 Å². The summed E-state index contributed by atoms with van der Waals surface area (Å²) in [4.78, 5) is -0.190. The molecule has 26 heavy (non-hydrogen) atoms. The second-order valence-electron chi connectivity index (χ2n) is 7.38. The second kappa shape index (κ2) is 15.4. The topological polar surface area (TPSA) is 41.5 Å². The minimum atomic E-state index is -0.360. The molecule has 1 unspecified atom stereocenters. The number of aliphatic hydroxyl groups excluding tert-OH is 1. The number of ether oxygens (including phenoxy) is 1. The number of unbranched alkanes of at least 4 members (excludes halogenated alkanes) is 2. The van der Waals surface area contributed by atoms with Crippen LogP contribution in [0.4, 0.5) is 0 Å². The number of aryl methyl sites for hydroxylation is 1. The van der Waals surface area contributed by atoms with Gasteiger partial charge in [-0.15, -0.1) is 11.6 Å². The average molecular weight is 386 g/mol. The van der Waals surface area contributed by atoms with Crippen molar-refractivity contribution in [3.63, 3.8) is 0 Å². The molecule has 0 fully saturated rings. The zero-order valence-corrected chi connectivity index (χ0v) is 18.2. The third kappa shape index (κ3) is 13.6. The van der Waals surface area contributed by atoms with Crippen molar-refractivity contribution in [1.29, 1.82) is 0 Å². The number of hydrogen-bond acceptors (Lipinski definition) is 3. The third-order valence-corrected chi connectivity index (χ3v) is 4.45. The fraction of sp³-hybridized carbons (Fsp3) is 0.727. The Balaban J connectivity index is 0.000000896. The van der Waals surface area contributed by atoms with Crippen LogP contribution in [-0.2, 0) is 11.2 Å². The molecule has 0 heterocycles. The third-order valence-electron chi connectivity index (χ3n) is 4.26. The molecule has 0 radical (unpaired) electrons. The highest BCUT2D eigenvalue weighted by atomic mass is 35.5. The second-order valence-corrected chi connectivity index (χ2v) is 8.40. The van der Waals surface area contributed by atoms with Gasteiger partial charge in [-0.25, -0.2) is 0 Å². The monoisotopic (exact) mass is 385 g/mol. The Morgan fingerprint density at radius 3 is 2.42 bits per heavy atom. The fourth-order valence-electron chi connectivity index (χ4n) is 2.60. The van der Waals surface area contributed by atoms with Crippen LogP contribution in [0.2, 0.25) is 0 Å². The van der Waals surface area contributed by atoms with Gasteiger partial charge in [0.05, 0.1) is 6.10 Å². The lowest BCUT2D eigenvalue weighted by atomic mass is 9.93. The van der Waals surface area contributed by atoms with E-state index < -0.39 is 0 Å². The van der Waals surface area contributed by atoms with E-state index in [1.807, 2.05) is 39.1 Å². The molecule has 0 aromatic heterocycles. The lowest BCUT2D eigenvalue weighted by Gasteiger charge is -2.19. The Kier molecular flexibility index (Phi) is 15.1. The molecular weight excluding hydrogens is 346 g/mol. The summed E-state index contributed by atoms with van der Waals surface area (Å²) in [6.07, 6.45) is 6.86. The van der Waals surface area contributed by atoms with Crippen LogP contribution in [0, 0.1) is 0 Å². The highest BCUT2D eigenvalue weighted by Gasteiger charge is 2.16. The number of nitrogens with one attached hydrogen (secondary N) is 1. The SMILES string of the molecule is CCCCOC.CNCCCCC(O)c1ccccc1CCC(C)(C)Cl. The molecule has 0 amide bonds. The summed E-state index contributed by atoms with van der Waals surface area (Å²) in [7, 11) is 3.69. The van der Waals surface area contributed by atoms with E-state index in [2.05, 4.69) is 18.3 Å². The van der Waals surface area contributed by atoms with E-state index in [1.54, 1.807) is 7.11 Å². The smallest absolute Gasteiger partial charge is 0.0792 e. The Bertz CT molecular complexity index is 442. The molecule has 152 valence electrons. The maximum Gasteiger partial charge on any atom is 0.0792 e. The number of methoxy groups -OCH3 is 1. The summed E-state index contributed by atoms with van der Waals surface area (Å²) >= 11 is 6.26. The normalized spacial score (nSPS) is 12.4. The maximum atomic E-state index is 10.4. The van der Waals surface area contributed by atoms with Crippen molar-refractivity contribution in [2.45, 2.75) is 76.7 Å². The van der Waals surface area contributed by atoms with E-state index >= 15 is 0 Å². The predicted octanol–water partition coefficient (Wildman–Crippen LogP) is 5.49. The Labute approximate surface area is 166 Å². The largest absolute Gasteiger partial charge is 0.388 e. The Morgan fingerprint density at radius 1 is 1.19 bits per heavy atom. The average Bonchev–Trinajstić information content (AvgIpc) is 2.62. The van der Waals surface area contributed by atoms with E-state index in [-0.39, 0.29) is 11.0 Å². The number of hydrogen-bond donors (Lipinski definition) is 2. The number of aliphatic hydroxyl groups is 1. The summed E-state index contributed by atoms with van der Waals surface area (Å²) in [6, 6.07) is 8.18. The van der Waals surface area contributed by atoms with Crippen molar-refractivity contribution < 1.29 is 9.84 Å². The zero-order chi connectivity index (χ0) is 19.8. The molecule has 4 heteroatoms. The van der Waals surface area contributed by atoms with Crippen molar-refractivity contribution >= 4 is 11.6 Å². The molecule has 0 spiro atoms. The molecule has 0 saturated heterocycles. The van der Waals surface area contributed by atoms with Gasteiger partial charge < -0.3 is 15.2 Å². The van der Waals surface area contributed by atoms with Gasteiger partial charge in [0, 0.05) is 18.6 Å². The van der Waals surface area contributed by atoms with E-state index in [1.165, 1.54) is 18.4 Å². The maximum absolute atomic E-state index is 10.4. The molecule has 0 aliphatic heterocycles. The van der Waals surface area contributed by atoms with Gasteiger partial charge in [0.25, 0.3) is 0 Å². The molecule has 0 aliphatic rings. The molecular formula is C22H40ClNO2. The van der Waals surface area contributed by atoms with Crippen LogP contribution >= 0.6 is 11.6 Å². The van der Waals surface area contributed by atoms with Crippen molar-refractivity contribution in [1.82, 2.24) is 5.32 Å². The summed E-state index contributed by atoms with van der Waals surface area (Å²) in [5.41, 5.74) is 2.29. The van der Waals surface area contributed by atoms with Crippen molar-refractivity contribution in [3.8, 4) is 0 Å². The fourth-order valence-corrected chi connectivity index (χ4v) is 2.70. The highest BCUT2D eigenvalue weighted by Crippen LogP contribution is 2.27. The van der Waals surface area contributed by atoms with Gasteiger partial charge in [-0.3, -0.25) is 0 Å². The van der Waals surface area contributed by atoms with E-state index in [9.17, 15) is 5.11 Å². The molecule has 1 aromatic rings. The first-order chi connectivity index (χ1) is 12.4. The van der Waals surface area contributed by atoms with E-state index in [0.717, 1.165) is 50.8 Å². The number of halogens is 1. The summed E-state index contributed by atoms with van der Waals surface area (Å²) in [6.45, 7) is 8.14. The van der Waals surface area contributed by atoms with Gasteiger partial charge in [0.15, 0.2) is 0 Å². The first kappa shape index (κ1) is 25.4. The minimum absolute atomic E-state index is 0.190. The lowest BCUT2D eigenvalue weighted by molar-refractivity contribution is 0.162. The Morgan fingerprint density at radius 2 is 1.88 bits per heavy atom. The van der Waals surface area contributed by atoms with Gasteiger partial charge in [-0.1, -0.05) is 37.6 Å². The number of benzene rings is 1. The van der Waals surface area contributed by atoms with Crippen molar-refractivity contribution in [2.24, 2.45) is 0 Å². The zero-order valence-electron chi connectivity index (χ0n) is 17.5. The van der Waals surface area contributed by atoms with E-state index in [0.29, 0.717) is 0 Å². The van der Waals surface area contributed by atoms with Gasteiger partial charge in [0.2, 0.25) is 0 Å². The van der Waals surface area contributed by atoms with Gasteiger partial charge >= 0.3 is 0 Å². The van der Waals surface area contributed by atoms with Gasteiger partial charge in [-0.05, 0) is 77.1 Å². The Hall–Kier alpha value is -0.610. The van der Waals surface area contributed by atoms with Crippen LogP contribution in [0.25, 0.3) is 0 Å².